The van der Waals surface area contributed by atoms with Gasteiger partial charge in [0.25, 0.3) is 0 Å². The largest absolute Gasteiger partial charge is 0.393 e. The molecule has 118 valence electrons. The third-order valence-corrected chi connectivity index (χ3v) is 6.08. The molecule has 0 heterocycles. The molecule has 0 unspecified atom stereocenters. The molecule has 0 aromatic heterocycles. The first-order chi connectivity index (χ1) is 9.66. The lowest BCUT2D eigenvalue weighted by Crippen LogP contribution is -2.29. The predicted molar refractivity (Wildman–Crippen MR) is 86.4 cm³/mol. The van der Waals surface area contributed by atoms with Gasteiger partial charge in [0, 0.05) is 18.7 Å². The Labute approximate surface area is 130 Å². The van der Waals surface area contributed by atoms with Crippen LogP contribution >= 0.6 is 12.2 Å². The molecular weight excluding hydrogens is 332 g/mol. The standard InChI is InChI=1S/C12H18N2O4S3/c1-2-20(15,16)8-7-14-21(17,18)11-5-3-10(4-6-11)9-12(13)19/h3-6,14H,2,7-9H2,1H3,(H2,13,19). The van der Waals surface area contributed by atoms with E-state index >= 15 is 0 Å². The van der Waals surface area contributed by atoms with E-state index in [-0.39, 0.29) is 22.9 Å². The summed E-state index contributed by atoms with van der Waals surface area (Å²) in [6, 6.07) is 6.11. The van der Waals surface area contributed by atoms with Crippen LogP contribution in [0.15, 0.2) is 29.2 Å². The van der Waals surface area contributed by atoms with Crippen molar-refractivity contribution in [1.82, 2.24) is 4.72 Å². The number of thiocarbonyl (C=S) groups is 1. The second-order valence-electron chi connectivity index (χ2n) is 4.42. The first-order valence-electron chi connectivity index (χ1n) is 6.23. The third kappa shape index (κ3) is 6.08. The molecule has 21 heavy (non-hydrogen) atoms. The second kappa shape index (κ2) is 7.30. The molecule has 0 amide bonds. The topological polar surface area (TPSA) is 106 Å². The van der Waals surface area contributed by atoms with Crippen molar-refractivity contribution >= 4 is 37.1 Å². The highest BCUT2D eigenvalue weighted by molar-refractivity contribution is 7.91. The number of nitrogens with one attached hydrogen (secondary N) is 1. The van der Waals surface area contributed by atoms with Gasteiger partial charge in [-0.2, -0.15) is 0 Å². The van der Waals surface area contributed by atoms with Crippen LogP contribution in [0.3, 0.4) is 0 Å². The van der Waals surface area contributed by atoms with Crippen molar-refractivity contribution in [3.05, 3.63) is 29.8 Å². The average molecular weight is 350 g/mol. The van der Waals surface area contributed by atoms with Gasteiger partial charge in [-0.3, -0.25) is 0 Å². The van der Waals surface area contributed by atoms with E-state index in [1.807, 2.05) is 0 Å². The fraction of sp³-hybridized carbons (Fsp3) is 0.417. The smallest absolute Gasteiger partial charge is 0.240 e. The molecular formula is C12H18N2O4S3. The van der Waals surface area contributed by atoms with Gasteiger partial charge in [-0.15, -0.1) is 0 Å². The van der Waals surface area contributed by atoms with Crippen LogP contribution in [0, 0.1) is 0 Å². The van der Waals surface area contributed by atoms with Crippen LogP contribution in [0.2, 0.25) is 0 Å². The van der Waals surface area contributed by atoms with Gasteiger partial charge in [-0.05, 0) is 17.7 Å². The molecule has 3 N–H and O–H groups in total. The number of sulfone groups is 1. The van der Waals surface area contributed by atoms with Gasteiger partial charge in [-0.25, -0.2) is 21.6 Å². The highest BCUT2D eigenvalue weighted by atomic mass is 32.2. The quantitative estimate of drug-likeness (QED) is 0.650. The van der Waals surface area contributed by atoms with Gasteiger partial charge >= 0.3 is 0 Å². The van der Waals surface area contributed by atoms with Crippen molar-refractivity contribution in [1.29, 1.82) is 0 Å². The van der Waals surface area contributed by atoms with E-state index in [1.54, 1.807) is 12.1 Å². The number of hydrogen-bond donors (Lipinski definition) is 2. The van der Waals surface area contributed by atoms with E-state index in [9.17, 15) is 16.8 Å². The lowest BCUT2D eigenvalue weighted by molar-refractivity contribution is 0.581. The van der Waals surface area contributed by atoms with Crippen molar-refractivity contribution in [2.24, 2.45) is 5.73 Å². The Bertz CT molecular complexity index is 695. The minimum Gasteiger partial charge on any atom is -0.393 e. The molecule has 0 atom stereocenters. The van der Waals surface area contributed by atoms with Crippen molar-refractivity contribution in [2.75, 3.05) is 18.1 Å². The summed E-state index contributed by atoms with van der Waals surface area (Å²) in [4.78, 5) is 0.400. The Morgan fingerprint density at radius 3 is 2.24 bits per heavy atom. The molecule has 0 saturated carbocycles. The van der Waals surface area contributed by atoms with Gasteiger partial charge in [0.05, 0.1) is 15.6 Å². The monoisotopic (exact) mass is 350 g/mol. The molecule has 6 nitrogen and oxygen atoms in total. The summed E-state index contributed by atoms with van der Waals surface area (Å²) >= 11 is 4.78. The molecule has 0 fully saturated rings. The van der Waals surface area contributed by atoms with Crippen molar-refractivity contribution < 1.29 is 16.8 Å². The molecule has 1 aromatic carbocycles. The van der Waals surface area contributed by atoms with E-state index in [0.717, 1.165) is 5.56 Å². The number of benzene rings is 1. The van der Waals surface area contributed by atoms with Crippen LogP contribution in [0.25, 0.3) is 0 Å². The zero-order valence-electron chi connectivity index (χ0n) is 11.6. The maximum Gasteiger partial charge on any atom is 0.240 e. The van der Waals surface area contributed by atoms with Crippen molar-refractivity contribution in [3.63, 3.8) is 0 Å². The van der Waals surface area contributed by atoms with Gasteiger partial charge < -0.3 is 5.73 Å². The molecule has 0 spiro atoms. The minimum absolute atomic E-state index is 0.0115. The first-order valence-corrected chi connectivity index (χ1v) is 9.95. The van der Waals surface area contributed by atoms with E-state index in [2.05, 4.69) is 4.72 Å². The zero-order valence-corrected chi connectivity index (χ0v) is 14.0. The van der Waals surface area contributed by atoms with Crippen LogP contribution < -0.4 is 10.5 Å². The molecule has 0 bridgehead atoms. The van der Waals surface area contributed by atoms with E-state index in [4.69, 9.17) is 18.0 Å². The van der Waals surface area contributed by atoms with E-state index < -0.39 is 19.9 Å². The van der Waals surface area contributed by atoms with Crippen molar-refractivity contribution in [2.45, 2.75) is 18.2 Å². The van der Waals surface area contributed by atoms with Gasteiger partial charge in [0.2, 0.25) is 10.0 Å². The Morgan fingerprint density at radius 1 is 1.19 bits per heavy atom. The summed E-state index contributed by atoms with van der Waals surface area (Å²) < 4.78 is 48.9. The summed E-state index contributed by atoms with van der Waals surface area (Å²) in [5.41, 5.74) is 6.23. The highest BCUT2D eigenvalue weighted by Crippen LogP contribution is 2.11. The number of rotatable bonds is 8. The molecule has 9 heteroatoms. The van der Waals surface area contributed by atoms with Crippen LogP contribution in [-0.4, -0.2) is 39.9 Å². The Morgan fingerprint density at radius 2 is 1.76 bits per heavy atom. The molecule has 0 radical (unpaired) electrons. The van der Waals surface area contributed by atoms with Crippen LogP contribution in [0.4, 0.5) is 0 Å². The van der Waals surface area contributed by atoms with Gasteiger partial charge in [0.15, 0.2) is 9.84 Å². The lowest BCUT2D eigenvalue weighted by Gasteiger charge is -2.07. The number of sulfonamides is 1. The fourth-order valence-electron chi connectivity index (χ4n) is 1.55. The fourth-order valence-corrected chi connectivity index (χ4v) is 3.58. The average Bonchev–Trinajstić information content (AvgIpc) is 2.38. The zero-order chi connectivity index (χ0) is 16.1. The number of hydrogen-bond acceptors (Lipinski definition) is 5. The van der Waals surface area contributed by atoms with Crippen LogP contribution in [-0.2, 0) is 26.3 Å². The Balaban J connectivity index is 2.72. The molecule has 0 saturated heterocycles. The second-order valence-corrected chi connectivity index (χ2v) is 9.19. The molecule has 1 aromatic rings. The van der Waals surface area contributed by atoms with Crippen LogP contribution in [0.1, 0.15) is 12.5 Å². The van der Waals surface area contributed by atoms with Crippen LogP contribution in [0.5, 0.6) is 0 Å². The highest BCUT2D eigenvalue weighted by Gasteiger charge is 2.15. The van der Waals surface area contributed by atoms with Crippen molar-refractivity contribution in [3.8, 4) is 0 Å². The summed E-state index contributed by atoms with van der Waals surface area (Å²) in [6.07, 6.45) is 0.401. The van der Waals surface area contributed by atoms with Gasteiger partial charge in [0.1, 0.15) is 0 Å². The SMILES string of the molecule is CCS(=O)(=O)CCNS(=O)(=O)c1ccc(CC(N)=S)cc1. The van der Waals surface area contributed by atoms with E-state index in [1.165, 1.54) is 19.1 Å². The predicted octanol–water partition coefficient (Wildman–Crippen LogP) is 0.228. The van der Waals surface area contributed by atoms with E-state index in [0.29, 0.717) is 11.4 Å². The first kappa shape index (κ1) is 18.0. The summed E-state index contributed by atoms with van der Waals surface area (Å²) in [6.45, 7) is 1.37. The maximum atomic E-state index is 12.0. The summed E-state index contributed by atoms with van der Waals surface area (Å²) in [5, 5.41) is 0. The molecule has 0 aliphatic rings. The molecule has 1 rings (SSSR count). The molecule has 0 aliphatic carbocycles. The normalized spacial score (nSPS) is 12.2. The third-order valence-electron chi connectivity index (χ3n) is 2.76. The number of nitrogens with two attached hydrogens (primary N) is 1. The Kier molecular flexibility index (Phi) is 6.26. The van der Waals surface area contributed by atoms with Gasteiger partial charge in [-0.1, -0.05) is 31.3 Å². The Hall–Kier alpha value is -1.03. The maximum absolute atomic E-state index is 12.0. The summed E-state index contributed by atoms with van der Waals surface area (Å²) in [5.74, 6) is -0.231. The summed E-state index contributed by atoms with van der Waals surface area (Å²) in [7, 11) is -6.91. The lowest BCUT2D eigenvalue weighted by atomic mass is 10.1. The molecule has 0 aliphatic heterocycles. The minimum atomic E-state index is -3.71.